The van der Waals surface area contributed by atoms with Crippen LogP contribution in [-0.2, 0) is 0 Å². The minimum Gasteiger partial charge on any atom is -0.394 e. The molecule has 0 aliphatic rings. The molecule has 0 aliphatic carbocycles. The summed E-state index contributed by atoms with van der Waals surface area (Å²) in [5, 5.41) is 16.4. The van der Waals surface area contributed by atoms with Gasteiger partial charge >= 0.3 is 0 Å². The van der Waals surface area contributed by atoms with Crippen LogP contribution in [0.4, 0.5) is 5.82 Å². The molecule has 6 heteroatoms. The maximum atomic E-state index is 9.00. The van der Waals surface area contributed by atoms with Crippen LogP contribution >= 0.6 is 0 Å². The molecule has 0 radical (unpaired) electrons. The van der Waals surface area contributed by atoms with Crippen molar-refractivity contribution in [3.8, 4) is 5.82 Å². The Balaban J connectivity index is 2.29. The summed E-state index contributed by atoms with van der Waals surface area (Å²) in [7, 11) is 0. The molecule has 0 fully saturated rings. The average molecular weight is 247 g/mol. The van der Waals surface area contributed by atoms with E-state index in [9.17, 15) is 0 Å². The lowest BCUT2D eigenvalue weighted by atomic mass is 10.3. The molecule has 2 aromatic heterocycles. The lowest BCUT2D eigenvalue weighted by Gasteiger charge is -2.12. The van der Waals surface area contributed by atoms with E-state index in [2.05, 4.69) is 20.4 Å². The fourth-order valence-electron chi connectivity index (χ4n) is 1.69. The van der Waals surface area contributed by atoms with Crippen LogP contribution in [0.3, 0.4) is 0 Å². The number of anilines is 1. The van der Waals surface area contributed by atoms with Gasteiger partial charge in [0, 0.05) is 11.7 Å². The third kappa shape index (κ3) is 2.65. The van der Waals surface area contributed by atoms with Gasteiger partial charge in [-0.2, -0.15) is 5.10 Å². The highest BCUT2D eigenvalue weighted by molar-refractivity contribution is 5.37. The van der Waals surface area contributed by atoms with Crippen molar-refractivity contribution in [3.63, 3.8) is 0 Å². The largest absolute Gasteiger partial charge is 0.394 e. The average Bonchev–Trinajstić information content (AvgIpc) is 2.68. The molecule has 0 saturated carbocycles. The van der Waals surface area contributed by atoms with Gasteiger partial charge in [-0.25, -0.2) is 9.67 Å². The number of aliphatic hydroxyl groups is 1. The number of nitrogens with zero attached hydrogens (tertiary/aromatic N) is 4. The molecule has 2 N–H and O–H groups in total. The molecule has 2 heterocycles. The Kier molecular flexibility index (Phi) is 3.57. The van der Waals surface area contributed by atoms with Crippen molar-refractivity contribution in [1.82, 2.24) is 19.7 Å². The monoisotopic (exact) mass is 247 g/mol. The first kappa shape index (κ1) is 12.5. The molecule has 96 valence electrons. The standard InChI is InChI=1S/C12H17N5O/c1-8-4-10(3)17(16-8)12-6-13-5-11(15-12)14-9(2)7-18/h4-6,9,18H,7H2,1-3H3,(H,14,15)/t9-/m0/s1. The highest BCUT2D eigenvalue weighted by Crippen LogP contribution is 2.11. The van der Waals surface area contributed by atoms with E-state index < -0.39 is 0 Å². The minimum atomic E-state index is -0.0602. The first-order chi connectivity index (χ1) is 8.60. The predicted molar refractivity (Wildman–Crippen MR) is 68.8 cm³/mol. The zero-order valence-corrected chi connectivity index (χ0v) is 10.8. The third-order valence-electron chi connectivity index (χ3n) is 2.52. The van der Waals surface area contributed by atoms with Gasteiger partial charge in [0.25, 0.3) is 0 Å². The van der Waals surface area contributed by atoms with Crippen LogP contribution in [0.25, 0.3) is 5.82 Å². The number of aliphatic hydroxyl groups excluding tert-OH is 1. The number of nitrogens with one attached hydrogen (secondary N) is 1. The molecule has 0 saturated heterocycles. The van der Waals surface area contributed by atoms with Crippen molar-refractivity contribution in [2.24, 2.45) is 0 Å². The topological polar surface area (TPSA) is 75.9 Å². The molecule has 0 bridgehead atoms. The van der Waals surface area contributed by atoms with Gasteiger partial charge in [-0.05, 0) is 26.8 Å². The predicted octanol–water partition coefficient (Wildman–Crippen LogP) is 1.07. The number of rotatable bonds is 4. The molecule has 0 unspecified atom stereocenters. The SMILES string of the molecule is Cc1cc(C)n(-c2cncc(N[C@@H](C)CO)n2)n1. The van der Waals surface area contributed by atoms with Gasteiger partial charge in [0.15, 0.2) is 5.82 Å². The number of aryl methyl sites for hydroxylation is 2. The molecule has 0 spiro atoms. The van der Waals surface area contributed by atoms with Crippen LogP contribution in [0.15, 0.2) is 18.5 Å². The van der Waals surface area contributed by atoms with Gasteiger partial charge in [0.05, 0.1) is 24.7 Å². The van der Waals surface area contributed by atoms with Gasteiger partial charge in [-0.3, -0.25) is 4.98 Å². The molecular formula is C12H17N5O. The van der Waals surface area contributed by atoms with Crippen molar-refractivity contribution in [2.75, 3.05) is 11.9 Å². The first-order valence-electron chi connectivity index (χ1n) is 5.83. The smallest absolute Gasteiger partial charge is 0.174 e. The van der Waals surface area contributed by atoms with Crippen molar-refractivity contribution in [2.45, 2.75) is 26.8 Å². The van der Waals surface area contributed by atoms with Gasteiger partial charge in [-0.15, -0.1) is 0 Å². The van der Waals surface area contributed by atoms with Crippen LogP contribution in [0.1, 0.15) is 18.3 Å². The number of hydrogen-bond donors (Lipinski definition) is 2. The lowest BCUT2D eigenvalue weighted by molar-refractivity contribution is 0.281. The highest BCUT2D eigenvalue weighted by Gasteiger charge is 2.07. The first-order valence-corrected chi connectivity index (χ1v) is 5.83. The molecule has 0 aromatic carbocycles. The molecule has 2 rings (SSSR count). The Hall–Kier alpha value is -1.95. The van der Waals surface area contributed by atoms with Crippen LogP contribution < -0.4 is 5.32 Å². The summed E-state index contributed by atoms with van der Waals surface area (Å²) in [6.45, 7) is 5.83. The van der Waals surface area contributed by atoms with E-state index >= 15 is 0 Å². The Morgan fingerprint density at radius 1 is 1.39 bits per heavy atom. The molecule has 18 heavy (non-hydrogen) atoms. The van der Waals surface area contributed by atoms with Gasteiger partial charge < -0.3 is 10.4 Å². The van der Waals surface area contributed by atoms with Crippen LogP contribution in [-0.4, -0.2) is 37.5 Å². The number of hydrogen-bond acceptors (Lipinski definition) is 5. The van der Waals surface area contributed by atoms with E-state index in [0.29, 0.717) is 11.6 Å². The fraction of sp³-hybridized carbons (Fsp3) is 0.417. The van der Waals surface area contributed by atoms with Gasteiger partial charge in [-0.1, -0.05) is 0 Å². The molecule has 0 aliphatic heterocycles. The van der Waals surface area contributed by atoms with Crippen molar-refractivity contribution in [3.05, 3.63) is 29.8 Å². The Morgan fingerprint density at radius 3 is 2.78 bits per heavy atom. The van der Waals surface area contributed by atoms with E-state index in [1.165, 1.54) is 0 Å². The van der Waals surface area contributed by atoms with Crippen LogP contribution in [0, 0.1) is 13.8 Å². The third-order valence-corrected chi connectivity index (χ3v) is 2.52. The maximum Gasteiger partial charge on any atom is 0.174 e. The number of aromatic nitrogens is 4. The van der Waals surface area contributed by atoms with Crippen molar-refractivity contribution >= 4 is 5.82 Å². The van der Waals surface area contributed by atoms with Crippen LogP contribution in [0.5, 0.6) is 0 Å². The highest BCUT2D eigenvalue weighted by atomic mass is 16.3. The quantitative estimate of drug-likeness (QED) is 0.845. The zero-order valence-electron chi connectivity index (χ0n) is 10.8. The van der Waals surface area contributed by atoms with Crippen molar-refractivity contribution in [1.29, 1.82) is 0 Å². The van der Waals surface area contributed by atoms with Crippen LogP contribution in [0.2, 0.25) is 0 Å². The molecule has 2 aromatic rings. The summed E-state index contributed by atoms with van der Waals surface area (Å²) in [4.78, 5) is 8.55. The molecule has 1 atom stereocenters. The van der Waals surface area contributed by atoms with E-state index in [1.54, 1.807) is 17.1 Å². The van der Waals surface area contributed by atoms with E-state index in [-0.39, 0.29) is 12.6 Å². The summed E-state index contributed by atoms with van der Waals surface area (Å²) >= 11 is 0. The second-order valence-corrected chi connectivity index (χ2v) is 4.33. The lowest BCUT2D eigenvalue weighted by Crippen LogP contribution is -2.20. The summed E-state index contributed by atoms with van der Waals surface area (Å²) in [5.41, 5.74) is 1.95. The maximum absolute atomic E-state index is 9.00. The molecule has 6 nitrogen and oxygen atoms in total. The second kappa shape index (κ2) is 5.14. The Morgan fingerprint density at radius 2 is 2.17 bits per heavy atom. The summed E-state index contributed by atoms with van der Waals surface area (Å²) in [6.07, 6.45) is 3.29. The van der Waals surface area contributed by atoms with Gasteiger partial charge in [0.1, 0.15) is 5.82 Å². The van der Waals surface area contributed by atoms with E-state index in [1.807, 2.05) is 26.8 Å². The summed E-state index contributed by atoms with van der Waals surface area (Å²) < 4.78 is 1.75. The molecule has 0 amide bonds. The zero-order chi connectivity index (χ0) is 13.1. The Bertz CT molecular complexity index is 537. The van der Waals surface area contributed by atoms with E-state index in [4.69, 9.17) is 5.11 Å². The van der Waals surface area contributed by atoms with E-state index in [0.717, 1.165) is 11.4 Å². The Labute approximate surface area is 106 Å². The minimum absolute atomic E-state index is 0.0474. The fourth-order valence-corrected chi connectivity index (χ4v) is 1.69. The summed E-state index contributed by atoms with van der Waals surface area (Å²) in [6, 6.07) is 1.92. The van der Waals surface area contributed by atoms with Gasteiger partial charge in [0.2, 0.25) is 0 Å². The normalized spacial score (nSPS) is 12.4. The second-order valence-electron chi connectivity index (χ2n) is 4.33. The summed E-state index contributed by atoms with van der Waals surface area (Å²) in [5.74, 6) is 1.29. The molecular weight excluding hydrogens is 230 g/mol. The van der Waals surface area contributed by atoms with Crippen molar-refractivity contribution < 1.29 is 5.11 Å².